The summed E-state index contributed by atoms with van der Waals surface area (Å²) in [5, 5.41) is 0. The van der Waals surface area contributed by atoms with Crippen molar-refractivity contribution in [3.05, 3.63) is 29.8 Å². The van der Waals surface area contributed by atoms with Crippen molar-refractivity contribution in [2.75, 3.05) is 18.0 Å². The predicted molar refractivity (Wildman–Crippen MR) is 66.4 cm³/mol. The summed E-state index contributed by atoms with van der Waals surface area (Å²) in [6.45, 7) is 7.08. The summed E-state index contributed by atoms with van der Waals surface area (Å²) in [6.07, 6.45) is 3.92. The van der Waals surface area contributed by atoms with E-state index in [2.05, 4.69) is 43.0 Å². The van der Waals surface area contributed by atoms with Crippen LogP contribution in [-0.2, 0) is 6.42 Å². The number of nitrogens with zero attached hydrogens (tertiary/aromatic N) is 1. The van der Waals surface area contributed by atoms with Crippen LogP contribution in [0.1, 0.15) is 32.3 Å². The lowest BCUT2D eigenvalue weighted by Gasteiger charge is -2.22. The van der Waals surface area contributed by atoms with Crippen LogP contribution < -0.4 is 4.90 Å². The first kappa shape index (κ1) is 10.5. The Morgan fingerprint density at radius 1 is 1.13 bits per heavy atom. The molecule has 0 radical (unpaired) electrons. The van der Waals surface area contributed by atoms with Gasteiger partial charge in [0.05, 0.1) is 0 Å². The van der Waals surface area contributed by atoms with Crippen molar-refractivity contribution in [3.8, 4) is 0 Å². The highest BCUT2D eigenvalue weighted by Gasteiger charge is 2.15. The Labute approximate surface area is 93.1 Å². The number of rotatable bonds is 3. The highest BCUT2D eigenvalue weighted by atomic mass is 15.1. The molecule has 0 amide bonds. The van der Waals surface area contributed by atoms with Gasteiger partial charge in [-0.2, -0.15) is 0 Å². The van der Waals surface area contributed by atoms with Crippen LogP contribution in [0, 0.1) is 5.92 Å². The zero-order valence-electron chi connectivity index (χ0n) is 9.87. The Morgan fingerprint density at radius 2 is 1.80 bits per heavy atom. The molecule has 1 nitrogen and oxygen atoms in total. The van der Waals surface area contributed by atoms with Gasteiger partial charge in [-0.3, -0.25) is 0 Å². The maximum atomic E-state index is 2.54. The lowest BCUT2D eigenvalue weighted by molar-refractivity contribution is 0.646. The molecule has 0 aliphatic carbocycles. The zero-order valence-corrected chi connectivity index (χ0v) is 9.87. The smallest absolute Gasteiger partial charge is 0.0398 e. The van der Waals surface area contributed by atoms with Gasteiger partial charge in [-0.15, -0.1) is 0 Å². The third-order valence-electron chi connectivity index (χ3n) is 3.07. The van der Waals surface area contributed by atoms with Gasteiger partial charge in [0, 0.05) is 18.8 Å². The Kier molecular flexibility index (Phi) is 3.30. The summed E-state index contributed by atoms with van der Waals surface area (Å²) >= 11 is 0. The Morgan fingerprint density at radius 3 is 2.47 bits per heavy atom. The average molecular weight is 203 g/mol. The first-order valence-electron chi connectivity index (χ1n) is 6.10. The molecule has 0 bridgehead atoms. The number of para-hydroxylation sites is 1. The van der Waals surface area contributed by atoms with Crippen molar-refractivity contribution < 1.29 is 0 Å². The van der Waals surface area contributed by atoms with Crippen LogP contribution in [0.5, 0.6) is 0 Å². The van der Waals surface area contributed by atoms with Crippen LogP contribution in [0.15, 0.2) is 24.3 Å². The first-order chi connectivity index (χ1) is 7.27. The van der Waals surface area contributed by atoms with Gasteiger partial charge in [0.15, 0.2) is 0 Å². The summed E-state index contributed by atoms with van der Waals surface area (Å²) in [5.41, 5.74) is 3.00. The molecule has 1 saturated heterocycles. The van der Waals surface area contributed by atoms with Crippen molar-refractivity contribution in [3.63, 3.8) is 0 Å². The normalized spacial score (nSPS) is 16.3. The van der Waals surface area contributed by atoms with E-state index in [0.29, 0.717) is 0 Å². The Bertz CT molecular complexity index is 311. The standard InChI is InChI=1S/C14H21N/c1-12(2)11-13-7-3-4-8-14(13)15-9-5-6-10-15/h3-4,7-8,12H,5-6,9-11H2,1-2H3. The van der Waals surface area contributed by atoms with Crippen LogP contribution >= 0.6 is 0 Å². The third kappa shape index (κ3) is 2.53. The second kappa shape index (κ2) is 4.69. The largest absolute Gasteiger partial charge is 0.371 e. The minimum absolute atomic E-state index is 0.744. The Balaban J connectivity index is 2.20. The molecular weight excluding hydrogens is 182 g/mol. The topological polar surface area (TPSA) is 3.24 Å². The number of hydrogen-bond donors (Lipinski definition) is 0. The van der Waals surface area contributed by atoms with Crippen LogP contribution in [-0.4, -0.2) is 13.1 Å². The fourth-order valence-electron chi connectivity index (χ4n) is 2.39. The number of benzene rings is 1. The number of anilines is 1. The van der Waals surface area contributed by atoms with E-state index in [1.807, 2.05) is 0 Å². The lowest BCUT2D eigenvalue weighted by Crippen LogP contribution is -2.19. The second-order valence-electron chi connectivity index (χ2n) is 4.92. The summed E-state index contributed by atoms with van der Waals surface area (Å²) in [7, 11) is 0. The first-order valence-corrected chi connectivity index (χ1v) is 6.10. The van der Waals surface area contributed by atoms with Gasteiger partial charge in [-0.05, 0) is 36.8 Å². The van der Waals surface area contributed by atoms with Gasteiger partial charge in [0.1, 0.15) is 0 Å². The zero-order chi connectivity index (χ0) is 10.7. The molecule has 0 atom stereocenters. The summed E-state index contributed by atoms with van der Waals surface area (Å²) in [5.74, 6) is 0.744. The molecular formula is C14H21N. The highest BCUT2D eigenvalue weighted by Crippen LogP contribution is 2.26. The highest BCUT2D eigenvalue weighted by molar-refractivity contribution is 5.54. The Hall–Kier alpha value is -0.980. The molecule has 0 spiro atoms. The monoisotopic (exact) mass is 203 g/mol. The quantitative estimate of drug-likeness (QED) is 0.727. The molecule has 1 aromatic rings. The van der Waals surface area contributed by atoms with Crippen molar-refractivity contribution in [2.24, 2.45) is 5.92 Å². The van der Waals surface area contributed by atoms with Gasteiger partial charge in [-0.1, -0.05) is 32.0 Å². The SMILES string of the molecule is CC(C)Cc1ccccc1N1CCCC1. The van der Waals surface area contributed by atoms with Gasteiger partial charge in [0.2, 0.25) is 0 Å². The van der Waals surface area contributed by atoms with Crippen LogP contribution in [0.2, 0.25) is 0 Å². The van der Waals surface area contributed by atoms with Gasteiger partial charge in [-0.25, -0.2) is 0 Å². The van der Waals surface area contributed by atoms with Gasteiger partial charge in [0.25, 0.3) is 0 Å². The average Bonchev–Trinajstić information content (AvgIpc) is 2.70. The van der Waals surface area contributed by atoms with Gasteiger partial charge < -0.3 is 4.90 Å². The molecule has 82 valence electrons. The van der Waals surface area contributed by atoms with E-state index >= 15 is 0 Å². The van der Waals surface area contributed by atoms with E-state index in [0.717, 1.165) is 5.92 Å². The van der Waals surface area contributed by atoms with E-state index in [-0.39, 0.29) is 0 Å². The molecule has 0 saturated carbocycles. The predicted octanol–water partition coefficient (Wildman–Crippen LogP) is 3.49. The van der Waals surface area contributed by atoms with Crippen LogP contribution in [0.4, 0.5) is 5.69 Å². The van der Waals surface area contributed by atoms with E-state index in [1.54, 1.807) is 0 Å². The molecule has 1 aromatic carbocycles. The maximum absolute atomic E-state index is 2.54. The molecule has 15 heavy (non-hydrogen) atoms. The van der Waals surface area contributed by atoms with E-state index < -0.39 is 0 Å². The summed E-state index contributed by atoms with van der Waals surface area (Å²) in [4.78, 5) is 2.54. The summed E-state index contributed by atoms with van der Waals surface area (Å²) in [6, 6.07) is 8.89. The molecule has 1 fully saturated rings. The minimum atomic E-state index is 0.744. The van der Waals surface area contributed by atoms with Crippen LogP contribution in [0.3, 0.4) is 0 Å². The van der Waals surface area contributed by atoms with Gasteiger partial charge >= 0.3 is 0 Å². The number of hydrogen-bond acceptors (Lipinski definition) is 1. The molecule has 0 unspecified atom stereocenters. The van der Waals surface area contributed by atoms with Crippen molar-refractivity contribution >= 4 is 5.69 Å². The molecule has 0 N–H and O–H groups in total. The molecule has 1 aliphatic heterocycles. The van der Waals surface area contributed by atoms with Crippen LogP contribution in [0.25, 0.3) is 0 Å². The third-order valence-corrected chi connectivity index (χ3v) is 3.07. The van der Waals surface area contributed by atoms with E-state index in [9.17, 15) is 0 Å². The molecule has 1 heteroatoms. The lowest BCUT2D eigenvalue weighted by atomic mass is 10.0. The molecule has 0 aromatic heterocycles. The minimum Gasteiger partial charge on any atom is -0.371 e. The van der Waals surface area contributed by atoms with Crippen molar-refractivity contribution in [2.45, 2.75) is 33.1 Å². The fraction of sp³-hybridized carbons (Fsp3) is 0.571. The molecule has 1 heterocycles. The molecule has 2 rings (SSSR count). The second-order valence-corrected chi connectivity index (χ2v) is 4.92. The molecule has 1 aliphatic rings. The summed E-state index contributed by atoms with van der Waals surface area (Å²) < 4.78 is 0. The van der Waals surface area contributed by atoms with E-state index in [4.69, 9.17) is 0 Å². The van der Waals surface area contributed by atoms with Crippen molar-refractivity contribution in [1.82, 2.24) is 0 Å². The van der Waals surface area contributed by atoms with E-state index in [1.165, 1.54) is 43.6 Å². The fourth-order valence-corrected chi connectivity index (χ4v) is 2.39. The maximum Gasteiger partial charge on any atom is 0.0398 e. The van der Waals surface area contributed by atoms with Crippen molar-refractivity contribution in [1.29, 1.82) is 0 Å².